The van der Waals surface area contributed by atoms with Crippen molar-refractivity contribution in [3.8, 4) is 0 Å². The van der Waals surface area contributed by atoms with Crippen LogP contribution in [0.15, 0.2) is 24.3 Å². The standard InChI is InChI=1S/C22H31N3/c1-21(2,3)15-9-13-8-14-10-16(22(4,5)6)18(24)12-20(14)25(7)19(13)11-17(15)23/h9-12H,8,23-24H2,1-7H3. The number of benzene rings is 2. The number of fused-ring (bicyclic) bond motifs is 2. The summed E-state index contributed by atoms with van der Waals surface area (Å²) in [5.41, 5.74) is 22.0. The van der Waals surface area contributed by atoms with E-state index in [0.29, 0.717) is 0 Å². The van der Waals surface area contributed by atoms with Crippen molar-refractivity contribution in [2.24, 2.45) is 0 Å². The highest BCUT2D eigenvalue weighted by Crippen LogP contribution is 2.44. The molecule has 1 heterocycles. The summed E-state index contributed by atoms with van der Waals surface area (Å²) in [6, 6.07) is 8.81. The molecule has 0 atom stereocenters. The van der Waals surface area contributed by atoms with Crippen molar-refractivity contribution in [2.75, 3.05) is 23.4 Å². The van der Waals surface area contributed by atoms with Crippen molar-refractivity contribution < 1.29 is 0 Å². The van der Waals surface area contributed by atoms with Crippen LogP contribution in [0.1, 0.15) is 63.8 Å². The van der Waals surface area contributed by atoms with E-state index in [1.165, 1.54) is 33.6 Å². The third kappa shape index (κ3) is 2.97. The van der Waals surface area contributed by atoms with Crippen LogP contribution in [0.25, 0.3) is 0 Å². The van der Waals surface area contributed by atoms with Gasteiger partial charge in [-0.25, -0.2) is 0 Å². The zero-order valence-corrected chi connectivity index (χ0v) is 16.6. The van der Waals surface area contributed by atoms with Gasteiger partial charge in [0.25, 0.3) is 0 Å². The van der Waals surface area contributed by atoms with Gasteiger partial charge in [0.05, 0.1) is 0 Å². The highest BCUT2D eigenvalue weighted by molar-refractivity contribution is 5.80. The lowest BCUT2D eigenvalue weighted by molar-refractivity contribution is 0.591. The predicted octanol–water partition coefficient (Wildman–Crippen LogP) is 5.12. The van der Waals surface area contributed by atoms with Gasteiger partial charge in [-0.3, -0.25) is 0 Å². The fraction of sp³-hybridized carbons (Fsp3) is 0.455. The molecule has 0 spiro atoms. The first-order valence-electron chi connectivity index (χ1n) is 8.99. The first kappa shape index (κ1) is 17.7. The van der Waals surface area contributed by atoms with Crippen molar-refractivity contribution in [1.29, 1.82) is 0 Å². The molecular weight excluding hydrogens is 306 g/mol. The zero-order valence-electron chi connectivity index (χ0n) is 16.6. The van der Waals surface area contributed by atoms with Crippen LogP contribution >= 0.6 is 0 Å². The Balaban J connectivity index is 2.16. The molecule has 0 aliphatic carbocycles. The highest BCUT2D eigenvalue weighted by Gasteiger charge is 2.27. The van der Waals surface area contributed by atoms with Crippen LogP contribution in [0, 0.1) is 0 Å². The topological polar surface area (TPSA) is 55.3 Å². The van der Waals surface area contributed by atoms with E-state index in [4.69, 9.17) is 11.5 Å². The number of anilines is 4. The molecule has 3 heteroatoms. The molecule has 0 saturated heterocycles. The Morgan fingerprint density at radius 1 is 0.720 bits per heavy atom. The Morgan fingerprint density at radius 2 is 1.08 bits per heavy atom. The van der Waals surface area contributed by atoms with Crippen LogP contribution in [-0.4, -0.2) is 7.05 Å². The number of nitrogens with two attached hydrogens (primary N) is 2. The zero-order chi connectivity index (χ0) is 18.7. The maximum absolute atomic E-state index is 6.37. The second-order valence-corrected chi connectivity index (χ2v) is 9.37. The quantitative estimate of drug-likeness (QED) is 0.656. The Bertz CT molecular complexity index is 766. The summed E-state index contributed by atoms with van der Waals surface area (Å²) in [4.78, 5) is 2.22. The molecule has 4 N–H and O–H groups in total. The van der Waals surface area contributed by atoms with Gasteiger partial charge in [0.1, 0.15) is 0 Å². The Kier molecular flexibility index (Phi) is 3.83. The van der Waals surface area contributed by atoms with Gasteiger partial charge in [0.2, 0.25) is 0 Å². The molecule has 3 rings (SSSR count). The van der Waals surface area contributed by atoms with Gasteiger partial charge in [-0.15, -0.1) is 0 Å². The van der Waals surface area contributed by atoms with E-state index in [2.05, 4.69) is 77.8 Å². The lowest BCUT2D eigenvalue weighted by Crippen LogP contribution is -2.23. The minimum Gasteiger partial charge on any atom is -0.398 e. The van der Waals surface area contributed by atoms with Crippen molar-refractivity contribution in [1.82, 2.24) is 0 Å². The summed E-state index contributed by atoms with van der Waals surface area (Å²) in [6.45, 7) is 13.3. The molecule has 25 heavy (non-hydrogen) atoms. The van der Waals surface area contributed by atoms with Crippen LogP contribution in [0.2, 0.25) is 0 Å². The van der Waals surface area contributed by atoms with Crippen LogP contribution in [0.4, 0.5) is 22.7 Å². The van der Waals surface area contributed by atoms with Crippen molar-refractivity contribution >= 4 is 22.7 Å². The molecule has 2 aromatic rings. The molecule has 1 aliphatic rings. The van der Waals surface area contributed by atoms with E-state index in [-0.39, 0.29) is 10.8 Å². The molecule has 0 unspecified atom stereocenters. The first-order valence-corrected chi connectivity index (χ1v) is 8.99. The summed E-state index contributed by atoms with van der Waals surface area (Å²) >= 11 is 0. The molecule has 2 aromatic carbocycles. The van der Waals surface area contributed by atoms with E-state index in [0.717, 1.165) is 17.8 Å². The molecule has 134 valence electrons. The molecular formula is C22H31N3. The number of hydrogen-bond acceptors (Lipinski definition) is 3. The molecule has 0 amide bonds. The lowest BCUT2D eigenvalue weighted by atomic mass is 9.80. The van der Waals surface area contributed by atoms with Crippen molar-refractivity contribution in [3.05, 3.63) is 46.5 Å². The van der Waals surface area contributed by atoms with E-state index in [1.807, 2.05) is 0 Å². The van der Waals surface area contributed by atoms with Gasteiger partial charge in [-0.1, -0.05) is 53.7 Å². The van der Waals surface area contributed by atoms with Crippen LogP contribution in [-0.2, 0) is 17.3 Å². The first-order chi connectivity index (χ1) is 11.4. The van der Waals surface area contributed by atoms with Crippen molar-refractivity contribution in [2.45, 2.75) is 58.8 Å². The summed E-state index contributed by atoms with van der Waals surface area (Å²) < 4.78 is 0. The van der Waals surface area contributed by atoms with Gasteiger partial charge >= 0.3 is 0 Å². The molecule has 3 nitrogen and oxygen atoms in total. The third-order valence-electron chi connectivity index (χ3n) is 5.22. The summed E-state index contributed by atoms with van der Waals surface area (Å²) in [6.07, 6.45) is 0.918. The molecule has 0 radical (unpaired) electrons. The van der Waals surface area contributed by atoms with Crippen LogP contribution < -0.4 is 16.4 Å². The van der Waals surface area contributed by atoms with Gasteiger partial charge < -0.3 is 16.4 Å². The lowest BCUT2D eigenvalue weighted by Gasteiger charge is -2.34. The fourth-order valence-electron chi connectivity index (χ4n) is 3.84. The third-order valence-corrected chi connectivity index (χ3v) is 5.22. The van der Waals surface area contributed by atoms with Gasteiger partial charge in [-0.2, -0.15) is 0 Å². The number of rotatable bonds is 0. The van der Waals surface area contributed by atoms with Crippen LogP contribution in [0.5, 0.6) is 0 Å². The second kappa shape index (κ2) is 5.42. The van der Waals surface area contributed by atoms with E-state index < -0.39 is 0 Å². The Labute approximate surface area is 152 Å². The fourth-order valence-corrected chi connectivity index (χ4v) is 3.84. The second-order valence-electron chi connectivity index (χ2n) is 9.37. The Morgan fingerprint density at radius 3 is 1.40 bits per heavy atom. The molecule has 0 fully saturated rings. The average Bonchev–Trinajstić information content (AvgIpc) is 2.46. The number of nitrogen functional groups attached to an aromatic ring is 2. The molecule has 1 aliphatic heterocycles. The number of hydrogen-bond donors (Lipinski definition) is 2. The monoisotopic (exact) mass is 337 g/mol. The highest BCUT2D eigenvalue weighted by atomic mass is 15.1. The molecule has 0 saturated carbocycles. The predicted molar refractivity (Wildman–Crippen MR) is 110 cm³/mol. The maximum atomic E-state index is 6.37. The normalized spacial score (nSPS) is 14.3. The van der Waals surface area contributed by atoms with Crippen LogP contribution in [0.3, 0.4) is 0 Å². The van der Waals surface area contributed by atoms with Crippen molar-refractivity contribution in [3.63, 3.8) is 0 Å². The van der Waals surface area contributed by atoms with E-state index in [9.17, 15) is 0 Å². The largest absolute Gasteiger partial charge is 0.398 e. The summed E-state index contributed by atoms with van der Waals surface area (Å²) in [7, 11) is 2.10. The van der Waals surface area contributed by atoms with Gasteiger partial charge in [-0.05, 0) is 45.2 Å². The maximum Gasteiger partial charge on any atom is 0.0465 e. The summed E-state index contributed by atoms with van der Waals surface area (Å²) in [5.74, 6) is 0. The van der Waals surface area contributed by atoms with E-state index in [1.54, 1.807) is 0 Å². The van der Waals surface area contributed by atoms with Gasteiger partial charge in [0.15, 0.2) is 0 Å². The van der Waals surface area contributed by atoms with E-state index >= 15 is 0 Å². The van der Waals surface area contributed by atoms with Gasteiger partial charge in [0, 0.05) is 36.2 Å². The molecule has 0 aromatic heterocycles. The molecule has 0 bridgehead atoms. The smallest absolute Gasteiger partial charge is 0.0465 e. The number of nitrogens with zero attached hydrogens (tertiary/aromatic N) is 1. The Hall–Kier alpha value is -2.16. The SMILES string of the molecule is CN1c2cc(N)c(C(C)(C)C)cc2Cc2cc(C(C)(C)C)c(N)cc21. The minimum absolute atomic E-state index is 0.0373. The summed E-state index contributed by atoms with van der Waals surface area (Å²) in [5, 5.41) is 0. The minimum atomic E-state index is 0.0373. The average molecular weight is 338 g/mol.